The van der Waals surface area contributed by atoms with Gasteiger partial charge in [-0.1, -0.05) is 170 Å². The summed E-state index contributed by atoms with van der Waals surface area (Å²) >= 11 is 0. The third kappa shape index (κ3) is 5.06. The Balaban J connectivity index is 1.01. The van der Waals surface area contributed by atoms with Crippen molar-refractivity contribution >= 4 is 11.7 Å². The van der Waals surface area contributed by atoms with Gasteiger partial charge in [-0.3, -0.25) is 0 Å². The average molecular weight is 720 g/mol. The van der Waals surface area contributed by atoms with E-state index >= 15 is 0 Å². The highest BCUT2D eigenvalue weighted by molar-refractivity contribution is 6.16. The maximum absolute atomic E-state index is 6.73. The van der Waals surface area contributed by atoms with Gasteiger partial charge in [0, 0.05) is 27.8 Å². The molecule has 1 spiro atoms. The second-order valence-corrected chi connectivity index (χ2v) is 14.8. The van der Waals surface area contributed by atoms with Crippen molar-refractivity contribution in [2.75, 3.05) is 0 Å². The number of benzene rings is 7. The van der Waals surface area contributed by atoms with E-state index in [0.717, 1.165) is 75.0 Å². The van der Waals surface area contributed by atoms with Gasteiger partial charge in [0.25, 0.3) is 0 Å². The van der Waals surface area contributed by atoms with Gasteiger partial charge in [-0.2, -0.15) is 0 Å². The summed E-state index contributed by atoms with van der Waals surface area (Å²) < 4.78 is 6.73. The van der Waals surface area contributed by atoms with Crippen LogP contribution in [-0.2, 0) is 5.41 Å². The number of amidine groups is 2. The summed E-state index contributed by atoms with van der Waals surface area (Å²) in [5.74, 6) is 3.49. The summed E-state index contributed by atoms with van der Waals surface area (Å²) in [5, 5.41) is 3.60. The van der Waals surface area contributed by atoms with Crippen molar-refractivity contribution in [1.29, 1.82) is 0 Å². The summed E-state index contributed by atoms with van der Waals surface area (Å²) in [6.07, 6.45) is 6.25. The zero-order valence-corrected chi connectivity index (χ0v) is 30.7. The minimum absolute atomic E-state index is 0.417. The lowest BCUT2D eigenvalue weighted by molar-refractivity contribution is 0.383. The van der Waals surface area contributed by atoms with Crippen LogP contribution in [-0.4, -0.2) is 11.7 Å². The van der Waals surface area contributed by atoms with Crippen LogP contribution in [0.15, 0.2) is 209 Å². The van der Waals surface area contributed by atoms with E-state index in [1.54, 1.807) is 0 Å². The summed E-state index contributed by atoms with van der Waals surface area (Å²) in [6, 6.07) is 62.6. The van der Waals surface area contributed by atoms with Crippen LogP contribution < -0.4 is 10.1 Å². The number of hydrogen-bond acceptors (Lipinski definition) is 4. The number of aliphatic imine (C=N–C) groups is 2. The molecule has 1 unspecified atom stereocenters. The maximum Gasteiger partial charge on any atom is 0.170 e. The lowest BCUT2D eigenvalue weighted by Gasteiger charge is -2.42. The molecular weight excluding hydrogens is 683 g/mol. The van der Waals surface area contributed by atoms with Gasteiger partial charge in [0.1, 0.15) is 23.2 Å². The molecule has 0 saturated heterocycles. The fourth-order valence-corrected chi connectivity index (χ4v) is 9.16. The van der Waals surface area contributed by atoms with Gasteiger partial charge < -0.3 is 10.1 Å². The van der Waals surface area contributed by atoms with Gasteiger partial charge >= 0.3 is 0 Å². The zero-order valence-electron chi connectivity index (χ0n) is 30.7. The van der Waals surface area contributed by atoms with Crippen LogP contribution in [0.2, 0.25) is 0 Å². The van der Waals surface area contributed by atoms with Gasteiger partial charge in [0.15, 0.2) is 6.17 Å². The Morgan fingerprint density at radius 2 is 1.00 bits per heavy atom. The fourth-order valence-electron chi connectivity index (χ4n) is 9.16. The molecule has 1 atom stereocenters. The Bertz CT molecular complexity index is 2750. The highest BCUT2D eigenvalue weighted by Crippen LogP contribution is 2.62. The van der Waals surface area contributed by atoms with E-state index < -0.39 is 11.6 Å². The molecule has 56 heavy (non-hydrogen) atoms. The quantitative estimate of drug-likeness (QED) is 0.192. The van der Waals surface area contributed by atoms with Crippen molar-refractivity contribution < 1.29 is 4.74 Å². The summed E-state index contributed by atoms with van der Waals surface area (Å²) in [7, 11) is 0. The Labute approximate surface area is 326 Å². The minimum Gasteiger partial charge on any atom is -0.457 e. The summed E-state index contributed by atoms with van der Waals surface area (Å²) in [5.41, 5.74) is 14.8. The normalized spacial score (nSPS) is 17.1. The van der Waals surface area contributed by atoms with Gasteiger partial charge in [-0.25, -0.2) is 9.98 Å². The first kappa shape index (κ1) is 32.4. The lowest BCUT2D eigenvalue weighted by atomic mass is 9.64. The van der Waals surface area contributed by atoms with Crippen LogP contribution in [0.3, 0.4) is 0 Å². The van der Waals surface area contributed by atoms with E-state index in [-0.39, 0.29) is 0 Å². The SMILES string of the molecule is C1=C2Oc3ccc(-c4ccc(C5=NC(c6ccccc6-c6ccccc6)N=C(c6ccccc6)N5)cc4)cc3C3(C2=CCC1)c1ccccc1-c1ccccc13. The Morgan fingerprint density at radius 3 is 1.70 bits per heavy atom. The predicted octanol–water partition coefficient (Wildman–Crippen LogP) is 11.8. The predicted molar refractivity (Wildman–Crippen MR) is 227 cm³/mol. The Morgan fingerprint density at radius 1 is 0.464 bits per heavy atom. The Hall–Kier alpha value is -7.04. The molecule has 266 valence electrons. The van der Waals surface area contributed by atoms with E-state index in [9.17, 15) is 0 Å². The average Bonchev–Trinajstić information content (AvgIpc) is 3.57. The van der Waals surface area contributed by atoms with E-state index in [2.05, 4.69) is 169 Å². The molecule has 2 aliphatic heterocycles. The van der Waals surface area contributed by atoms with Crippen molar-refractivity contribution in [3.8, 4) is 39.1 Å². The molecule has 0 amide bonds. The molecule has 4 aliphatic rings. The van der Waals surface area contributed by atoms with Gasteiger partial charge in [0.2, 0.25) is 0 Å². The van der Waals surface area contributed by atoms with Crippen LogP contribution >= 0.6 is 0 Å². The number of rotatable bonds is 5. The molecule has 0 fully saturated rings. The molecule has 0 aromatic heterocycles. The second-order valence-electron chi connectivity index (χ2n) is 14.8. The van der Waals surface area contributed by atoms with Crippen molar-refractivity contribution in [3.63, 3.8) is 0 Å². The highest BCUT2D eigenvalue weighted by Gasteiger charge is 2.52. The van der Waals surface area contributed by atoms with E-state index in [0.29, 0.717) is 0 Å². The zero-order chi connectivity index (χ0) is 37.1. The van der Waals surface area contributed by atoms with Crippen LogP contribution in [0.1, 0.15) is 52.4 Å². The van der Waals surface area contributed by atoms with Gasteiger partial charge in [0.05, 0.1) is 5.41 Å². The second kappa shape index (κ2) is 13.1. The molecule has 0 saturated carbocycles. The number of fused-ring (bicyclic) bond motifs is 9. The van der Waals surface area contributed by atoms with E-state index in [1.165, 1.54) is 33.4 Å². The molecule has 0 bridgehead atoms. The third-order valence-corrected chi connectivity index (χ3v) is 11.7. The molecule has 2 heterocycles. The number of allylic oxidation sites excluding steroid dienone is 3. The molecule has 1 N–H and O–H groups in total. The molecule has 7 aromatic rings. The summed E-state index contributed by atoms with van der Waals surface area (Å²) in [6.45, 7) is 0. The molecular formula is C52H37N3O. The minimum atomic E-state index is -0.456. The number of nitrogens with one attached hydrogen (secondary N) is 1. The molecule has 4 heteroatoms. The molecule has 4 nitrogen and oxygen atoms in total. The van der Waals surface area contributed by atoms with E-state index in [4.69, 9.17) is 14.7 Å². The van der Waals surface area contributed by atoms with Crippen LogP contribution in [0, 0.1) is 0 Å². The molecule has 7 aromatic carbocycles. The van der Waals surface area contributed by atoms with Crippen LogP contribution in [0.25, 0.3) is 33.4 Å². The third-order valence-electron chi connectivity index (χ3n) is 11.7. The topological polar surface area (TPSA) is 46.0 Å². The highest BCUT2D eigenvalue weighted by atomic mass is 16.5. The first-order chi connectivity index (χ1) is 27.8. The molecule has 2 aliphatic carbocycles. The summed E-state index contributed by atoms with van der Waals surface area (Å²) in [4.78, 5) is 10.4. The lowest BCUT2D eigenvalue weighted by Crippen LogP contribution is -2.36. The maximum atomic E-state index is 6.73. The van der Waals surface area contributed by atoms with E-state index in [1.807, 2.05) is 24.3 Å². The molecule has 11 rings (SSSR count). The monoisotopic (exact) mass is 719 g/mol. The van der Waals surface area contributed by atoms with Crippen LogP contribution in [0.4, 0.5) is 0 Å². The largest absolute Gasteiger partial charge is 0.457 e. The Kier molecular flexibility index (Phi) is 7.56. The molecule has 0 radical (unpaired) electrons. The van der Waals surface area contributed by atoms with Crippen molar-refractivity contribution in [2.45, 2.75) is 24.4 Å². The number of nitrogens with zero attached hydrogens (tertiary/aromatic N) is 2. The van der Waals surface area contributed by atoms with Gasteiger partial charge in [-0.15, -0.1) is 0 Å². The van der Waals surface area contributed by atoms with Crippen molar-refractivity contribution in [1.82, 2.24) is 5.32 Å². The fraction of sp³-hybridized carbons (Fsp3) is 0.0769. The van der Waals surface area contributed by atoms with Crippen molar-refractivity contribution in [2.24, 2.45) is 9.98 Å². The standard InChI is InChI=1S/C52H37N3O/c1-3-15-35(16-4-1)39-19-7-8-22-42(39)51-54-49(36-17-5-2-6-18-36)53-50(55-51)37-29-27-34(28-30-37)38-31-32-48-46(33-38)52(45-25-13-14-26-47(45)56-48)43-23-11-9-20-40(43)41-21-10-12-24-44(41)52/h1-12,15-33,51H,13-14H2,(H,53,54,55). The van der Waals surface area contributed by atoms with Crippen molar-refractivity contribution in [3.05, 3.63) is 233 Å². The van der Waals surface area contributed by atoms with Gasteiger partial charge in [-0.05, 0) is 75.6 Å². The number of hydrogen-bond donors (Lipinski definition) is 1. The first-order valence-electron chi connectivity index (χ1n) is 19.4. The van der Waals surface area contributed by atoms with Crippen LogP contribution in [0.5, 0.6) is 5.75 Å². The smallest absolute Gasteiger partial charge is 0.170 e. The number of ether oxygens (including phenoxy) is 1. The first-order valence-corrected chi connectivity index (χ1v) is 19.4.